The minimum Gasteiger partial charge on any atom is -0.490 e. The summed E-state index contributed by atoms with van der Waals surface area (Å²) in [6.07, 6.45) is 1.62. The Bertz CT molecular complexity index is 722. The molecule has 6 heteroatoms. The van der Waals surface area contributed by atoms with Gasteiger partial charge in [0.2, 0.25) is 0 Å². The predicted molar refractivity (Wildman–Crippen MR) is 77.7 cm³/mol. The number of nitrogens with zero attached hydrogens (tertiary/aromatic N) is 3. The number of aromatic nitrogens is 2. The summed E-state index contributed by atoms with van der Waals surface area (Å²) in [6.45, 7) is 4.42. The molecule has 0 saturated carbocycles. The van der Waals surface area contributed by atoms with Crippen molar-refractivity contribution in [2.45, 2.75) is 12.6 Å². The van der Waals surface area contributed by atoms with Gasteiger partial charge in [0.1, 0.15) is 12.4 Å². The summed E-state index contributed by atoms with van der Waals surface area (Å²) in [5, 5.41) is 0.940. The van der Waals surface area contributed by atoms with Crippen molar-refractivity contribution in [3.05, 3.63) is 34.9 Å². The molecule has 4 rings (SSSR count). The van der Waals surface area contributed by atoms with Crippen LogP contribution in [0.25, 0.3) is 10.9 Å². The summed E-state index contributed by atoms with van der Waals surface area (Å²) in [7, 11) is 0. The molecule has 1 saturated heterocycles. The Morgan fingerprint density at radius 2 is 2.10 bits per heavy atom. The Balaban J connectivity index is 1.78. The topological polar surface area (TPSA) is 56.6 Å². The Morgan fingerprint density at radius 3 is 2.95 bits per heavy atom. The Morgan fingerprint density at radius 1 is 1.24 bits per heavy atom. The quantitative estimate of drug-likeness (QED) is 0.764. The molecule has 0 N–H and O–H groups in total. The van der Waals surface area contributed by atoms with Crippen molar-refractivity contribution in [3.8, 4) is 5.75 Å². The second-order valence-electron chi connectivity index (χ2n) is 5.46. The van der Waals surface area contributed by atoms with Gasteiger partial charge in [-0.2, -0.15) is 0 Å². The Hall–Kier alpha value is -1.92. The lowest BCUT2D eigenvalue weighted by atomic mass is 10.2. The zero-order valence-electron chi connectivity index (χ0n) is 11.7. The number of para-hydroxylation sites is 1. The average Bonchev–Trinajstić information content (AvgIpc) is 2.73. The summed E-state index contributed by atoms with van der Waals surface area (Å²) >= 11 is 0. The van der Waals surface area contributed by atoms with E-state index in [4.69, 9.17) is 9.47 Å². The first-order valence-corrected chi connectivity index (χ1v) is 7.26. The summed E-state index contributed by atoms with van der Waals surface area (Å²) in [4.78, 5) is 18.5. The van der Waals surface area contributed by atoms with E-state index in [0.717, 1.165) is 43.0 Å². The molecule has 2 aliphatic rings. The fraction of sp³-hybridized carbons (Fsp3) is 0.467. The SMILES string of the molecule is O=c1ncc2cccc3c2n1CC(N1CCOCC1)CO3. The van der Waals surface area contributed by atoms with Crippen LogP contribution in [-0.4, -0.2) is 53.4 Å². The van der Waals surface area contributed by atoms with E-state index < -0.39 is 0 Å². The molecule has 0 spiro atoms. The van der Waals surface area contributed by atoms with Crippen molar-refractivity contribution < 1.29 is 9.47 Å². The highest BCUT2D eigenvalue weighted by molar-refractivity contribution is 5.84. The summed E-state index contributed by atoms with van der Waals surface area (Å²) in [6, 6.07) is 5.98. The van der Waals surface area contributed by atoms with Gasteiger partial charge in [-0.3, -0.25) is 9.47 Å². The molecule has 2 aliphatic heterocycles. The van der Waals surface area contributed by atoms with E-state index in [1.54, 1.807) is 10.8 Å². The number of benzene rings is 1. The third kappa shape index (κ3) is 2.20. The fourth-order valence-electron chi connectivity index (χ4n) is 3.12. The van der Waals surface area contributed by atoms with E-state index in [0.29, 0.717) is 13.2 Å². The lowest BCUT2D eigenvalue weighted by Crippen LogP contribution is -2.48. The Kier molecular flexibility index (Phi) is 3.12. The van der Waals surface area contributed by atoms with Gasteiger partial charge in [0, 0.05) is 31.2 Å². The van der Waals surface area contributed by atoms with Crippen molar-refractivity contribution in [1.82, 2.24) is 14.5 Å². The van der Waals surface area contributed by atoms with Crippen molar-refractivity contribution in [1.29, 1.82) is 0 Å². The minimum absolute atomic E-state index is 0.173. The molecule has 21 heavy (non-hydrogen) atoms. The molecule has 0 radical (unpaired) electrons. The minimum atomic E-state index is -0.210. The maximum Gasteiger partial charge on any atom is 0.348 e. The van der Waals surface area contributed by atoms with Gasteiger partial charge < -0.3 is 9.47 Å². The number of hydrogen-bond acceptors (Lipinski definition) is 5. The molecule has 0 amide bonds. The first-order valence-electron chi connectivity index (χ1n) is 7.26. The van der Waals surface area contributed by atoms with Crippen molar-refractivity contribution in [2.75, 3.05) is 32.9 Å². The van der Waals surface area contributed by atoms with E-state index in [-0.39, 0.29) is 11.7 Å². The van der Waals surface area contributed by atoms with E-state index in [2.05, 4.69) is 9.88 Å². The number of ether oxygens (including phenoxy) is 2. The summed E-state index contributed by atoms with van der Waals surface area (Å²) in [5.74, 6) is 0.766. The molecule has 1 fully saturated rings. The molecule has 1 unspecified atom stereocenters. The molecule has 6 nitrogen and oxygen atoms in total. The van der Waals surface area contributed by atoms with E-state index in [9.17, 15) is 4.79 Å². The van der Waals surface area contributed by atoms with Gasteiger partial charge in [0.05, 0.1) is 24.8 Å². The zero-order chi connectivity index (χ0) is 14.2. The lowest BCUT2D eigenvalue weighted by molar-refractivity contribution is 0.00335. The van der Waals surface area contributed by atoms with Crippen LogP contribution in [0.3, 0.4) is 0 Å². The zero-order valence-corrected chi connectivity index (χ0v) is 11.7. The summed E-state index contributed by atoms with van der Waals surface area (Å²) < 4.78 is 13.1. The second-order valence-corrected chi connectivity index (χ2v) is 5.46. The van der Waals surface area contributed by atoms with Crippen LogP contribution in [0.4, 0.5) is 0 Å². The molecule has 0 bridgehead atoms. The number of hydrogen-bond donors (Lipinski definition) is 0. The molecule has 1 aromatic carbocycles. The Labute approximate surface area is 121 Å². The van der Waals surface area contributed by atoms with Gasteiger partial charge >= 0.3 is 5.69 Å². The monoisotopic (exact) mass is 287 g/mol. The summed E-state index contributed by atoms with van der Waals surface area (Å²) in [5.41, 5.74) is 0.645. The highest BCUT2D eigenvalue weighted by atomic mass is 16.5. The largest absolute Gasteiger partial charge is 0.490 e. The van der Waals surface area contributed by atoms with Gasteiger partial charge in [-0.15, -0.1) is 0 Å². The first kappa shape index (κ1) is 12.8. The highest BCUT2D eigenvalue weighted by Crippen LogP contribution is 2.27. The molecule has 3 heterocycles. The van der Waals surface area contributed by atoms with Crippen LogP contribution in [0.2, 0.25) is 0 Å². The maximum absolute atomic E-state index is 12.2. The molecule has 1 atom stereocenters. The standard InChI is InChI=1S/C15H17N3O3/c19-15-16-8-11-2-1-3-13-14(11)18(15)9-12(10-21-13)17-4-6-20-7-5-17/h1-3,8,12H,4-7,9-10H2. The fourth-order valence-corrected chi connectivity index (χ4v) is 3.12. The van der Waals surface area contributed by atoms with Gasteiger partial charge in [-0.1, -0.05) is 12.1 Å². The molecule has 110 valence electrons. The van der Waals surface area contributed by atoms with Crippen LogP contribution < -0.4 is 10.4 Å². The van der Waals surface area contributed by atoms with Crippen molar-refractivity contribution >= 4 is 10.9 Å². The van der Waals surface area contributed by atoms with Gasteiger partial charge in [0.15, 0.2) is 0 Å². The van der Waals surface area contributed by atoms with Crippen molar-refractivity contribution in [3.63, 3.8) is 0 Å². The molecule has 0 aliphatic carbocycles. The van der Waals surface area contributed by atoms with Crippen LogP contribution in [0.5, 0.6) is 5.75 Å². The molecule has 2 aromatic rings. The van der Waals surface area contributed by atoms with E-state index in [1.165, 1.54) is 0 Å². The number of morpholine rings is 1. The van der Waals surface area contributed by atoms with Gasteiger partial charge in [-0.25, -0.2) is 9.78 Å². The lowest BCUT2D eigenvalue weighted by Gasteiger charge is -2.33. The van der Waals surface area contributed by atoms with Crippen LogP contribution >= 0.6 is 0 Å². The van der Waals surface area contributed by atoms with Crippen LogP contribution in [-0.2, 0) is 11.3 Å². The number of rotatable bonds is 1. The van der Waals surface area contributed by atoms with E-state index >= 15 is 0 Å². The molecular weight excluding hydrogens is 270 g/mol. The highest BCUT2D eigenvalue weighted by Gasteiger charge is 2.26. The third-order valence-corrected chi connectivity index (χ3v) is 4.23. The second kappa shape index (κ2) is 5.13. The molecular formula is C15H17N3O3. The van der Waals surface area contributed by atoms with Gasteiger partial charge in [-0.05, 0) is 6.07 Å². The van der Waals surface area contributed by atoms with Crippen LogP contribution in [0, 0.1) is 0 Å². The average molecular weight is 287 g/mol. The maximum atomic E-state index is 12.2. The normalized spacial score (nSPS) is 22.8. The van der Waals surface area contributed by atoms with E-state index in [1.807, 2.05) is 18.2 Å². The van der Waals surface area contributed by atoms with Crippen molar-refractivity contribution in [2.24, 2.45) is 0 Å². The van der Waals surface area contributed by atoms with Crippen LogP contribution in [0.1, 0.15) is 0 Å². The van der Waals surface area contributed by atoms with Crippen LogP contribution in [0.15, 0.2) is 29.2 Å². The molecule has 1 aromatic heterocycles. The smallest absolute Gasteiger partial charge is 0.348 e. The predicted octanol–water partition coefficient (Wildman–Crippen LogP) is 0.490. The third-order valence-electron chi connectivity index (χ3n) is 4.23. The van der Waals surface area contributed by atoms with Gasteiger partial charge in [0.25, 0.3) is 0 Å². The first-order chi connectivity index (χ1) is 10.3.